The molecule has 1 saturated carbocycles. The lowest BCUT2D eigenvalue weighted by Crippen LogP contribution is -2.28. The van der Waals surface area contributed by atoms with E-state index in [1.807, 2.05) is 0 Å². The molecule has 0 amide bonds. The van der Waals surface area contributed by atoms with Crippen LogP contribution in [0.25, 0.3) is 0 Å². The molecule has 0 radical (unpaired) electrons. The third-order valence-corrected chi connectivity index (χ3v) is 4.68. The van der Waals surface area contributed by atoms with Crippen molar-refractivity contribution in [1.82, 2.24) is 0 Å². The molecular formula is C18H26O2. The van der Waals surface area contributed by atoms with E-state index in [1.165, 1.54) is 5.56 Å². The molecule has 2 nitrogen and oxygen atoms in total. The van der Waals surface area contributed by atoms with Crippen LogP contribution in [0.1, 0.15) is 57.4 Å². The van der Waals surface area contributed by atoms with Crippen LogP contribution in [0.15, 0.2) is 30.3 Å². The summed E-state index contributed by atoms with van der Waals surface area (Å²) in [7, 11) is 1.75. The van der Waals surface area contributed by atoms with E-state index in [9.17, 15) is 4.79 Å². The first kappa shape index (κ1) is 15.2. The molecule has 20 heavy (non-hydrogen) atoms. The maximum atomic E-state index is 12.1. The van der Waals surface area contributed by atoms with Gasteiger partial charge in [0.2, 0.25) is 0 Å². The molecule has 1 fully saturated rings. The summed E-state index contributed by atoms with van der Waals surface area (Å²) in [6.45, 7) is 4.18. The third-order valence-electron chi connectivity index (χ3n) is 4.68. The van der Waals surface area contributed by atoms with Crippen LogP contribution in [0, 0.1) is 5.92 Å². The molecule has 2 atom stereocenters. The Kier molecular flexibility index (Phi) is 4.98. The SMILES string of the molecule is COC(C)(C)CCC1CC(c2ccccc2)CCC1=O. The highest BCUT2D eigenvalue weighted by Gasteiger charge is 2.30. The highest BCUT2D eigenvalue weighted by atomic mass is 16.5. The van der Waals surface area contributed by atoms with Gasteiger partial charge in [0.25, 0.3) is 0 Å². The number of carbonyl (C=O) groups is 1. The average Bonchev–Trinajstić information content (AvgIpc) is 2.47. The second kappa shape index (κ2) is 6.53. The Labute approximate surface area is 122 Å². The summed E-state index contributed by atoms with van der Waals surface area (Å²) in [5, 5.41) is 0. The Bertz CT molecular complexity index is 436. The van der Waals surface area contributed by atoms with Gasteiger partial charge in [0.15, 0.2) is 0 Å². The zero-order valence-corrected chi connectivity index (χ0v) is 12.9. The number of methoxy groups -OCH3 is 1. The van der Waals surface area contributed by atoms with E-state index in [0.717, 1.165) is 32.1 Å². The van der Waals surface area contributed by atoms with Gasteiger partial charge in [-0.15, -0.1) is 0 Å². The van der Waals surface area contributed by atoms with E-state index in [-0.39, 0.29) is 11.5 Å². The molecule has 0 bridgehead atoms. The molecule has 0 saturated heterocycles. The molecule has 0 aliphatic heterocycles. The van der Waals surface area contributed by atoms with Crippen molar-refractivity contribution in [2.45, 2.75) is 57.5 Å². The van der Waals surface area contributed by atoms with E-state index < -0.39 is 0 Å². The summed E-state index contributed by atoms with van der Waals surface area (Å²) in [5.74, 6) is 1.21. The first-order valence-corrected chi connectivity index (χ1v) is 7.64. The quantitative estimate of drug-likeness (QED) is 0.798. The number of hydrogen-bond donors (Lipinski definition) is 0. The van der Waals surface area contributed by atoms with Gasteiger partial charge in [-0.1, -0.05) is 30.3 Å². The zero-order valence-electron chi connectivity index (χ0n) is 12.9. The van der Waals surface area contributed by atoms with Gasteiger partial charge in [-0.05, 0) is 51.0 Å². The second-order valence-electron chi connectivity index (χ2n) is 6.55. The molecule has 1 aromatic rings. The van der Waals surface area contributed by atoms with Gasteiger partial charge in [0.1, 0.15) is 5.78 Å². The lowest BCUT2D eigenvalue weighted by molar-refractivity contribution is -0.125. The van der Waals surface area contributed by atoms with E-state index in [1.54, 1.807) is 7.11 Å². The van der Waals surface area contributed by atoms with Gasteiger partial charge in [-0.2, -0.15) is 0 Å². The van der Waals surface area contributed by atoms with Gasteiger partial charge in [-0.3, -0.25) is 4.79 Å². The highest BCUT2D eigenvalue weighted by molar-refractivity contribution is 5.82. The molecule has 0 heterocycles. The Balaban J connectivity index is 1.97. The number of hydrogen-bond acceptors (Lipinski definition) is 2. The summed E-state index contributed by atoms with van der Waals surface area (Å²) in [6.07, 6.45) is 4.64. The van der Waals surface area contributed by atoms with E-state index >= 15 is 0 Å². The first-order valence-electron chi connectivity index (χ1n) is 7.64. The number of ketones is 1. The van der Waals surface area contributed by atoms with E-state index in [4.69, 9.17) is 4.74 Å². The van der Waals surface area contributed by atoms with Crippen LogP contribution in [0.4, 0.5) is 0 Å². The summed E-state index contributed by atoms with van der Waals surface area (Å²) >= 11 is 0. The lowest BCUT2D eigenvalue weighted by Gasteiger charge is -2.31. The van der Waals surface area contributed by atoms with Crippen LogP contribution in [-0.2, 0) is 9.53 Å². The Morgan fingerprint density at radius 1 is 1.25 bits per heavy atom. The normalized spacial score (nSPS) is 23.9. The van der Waals surface area contributed by atoms with Gasteiger partial charge in [-0.25, -0.2) is 0 Å². The number of carbonyl (C=O) groups excluding carboxylic acids is 1. The molecule has 0 N–H and O–H groups in total. The van der Waals surface area contributed by atoms with Gasteiger partial charge >= 0.3 is 0 Å². The number of ether oxygens (including phenoxy) is 1. The summed E-state index contributed by atoms with van der Waals surface area (Å²) in [5.41, 5.74) is 1.26. The monoisotopic (exact) mass is 274 g/mol. The molecule has 0 aromatic heterocycles. The smallest absolute Gasteiger partial charge is 0.136 e. The molecular weight excluding hydrogens is 248 g/mol. The first-order chi connectivity index (χ1) is 9.52. The van der Waals surface area contributed by atoms with Gasteiger partial charge in [0.05, 0.1) is 5.60 Å². The number of benzene rings is 1. The van der Waals surface area contributed by atoms with Crippen molar-refractivity contribution in [2.75, 3.05) is 7.11 Å². The minimum atomic E-state index is -0.125. The van der Waals surface area contributed by atoms with Crippen molar-refractivity contribution in [3.05, 3.63) is 35.9 Å². The van der Waals surface area contributed by atoms with E-state index in [0.29, 0.717) is 11.7 Å². The van der Waals surface area contributed by atoms with Crippen molar-refractivity contribution >= 4 is 5.78 Å². The maximum absolute atomic E-state index is 12.1. The van der Waals surface area contributed by atoms with Crippen LogP contribution in [0.3, 0.4) is 0 Å². The molecule has 1 aromatic carbocycles. The molecule has 1 aliphatic carbocycles. The van der Waals surface area contributed by atoms with Gasteiger partial charge < -0.3 is 4.74 Å². The fourth-order valence-electron chi connectivity index (χ4n) is 3.04. The van der Waals surface area contributed by atoms with Gasteiger partial charge in [0, 0.05) is 19.4 Å². The topological polar surface area (TPSA) is 26.3 Å². The predicted molar refractivity (Wildman–Crippen MR) is 81.9 cm³/mol. The standard InChI is InChI=1S/C18H26O2/c1-18(2,20-3)12-11-16-13-15(9-10-17(16)19)14-7-5-4-6-8-14/h4-8,15-16H,9-13H2,1-3H3. The Morgan fingerprint density at radius 2 is 1.95 bits per heavy atom. The number of Topliss-reactive ketones (excluding diaryl/α,β-unsaturated/α-hetero) is 1. The summed E-state index contributed by atoms with van der Waals surface area (Å²) in [4.78, 5) is 12.1. The second-order valence-corrected chi connectivity index (χ2v) is 6.55. The van der Waals surface area contributed by atoms with Crippen LogP contribution in [0.5, 0.6) is 0 Å². The maximum Gasteiger partial charge on any atom is 0.136 e. The van der Waals surface area contributed by atoms with Crippen molar-refractivity contribution in [2.24, 2.45) is 5.92 Å². The number of rotatable bonds is 5. The largest absolute Gasteiger partial charge is 0.379 e. The molecule has 2 rings (SSSR count). The van der Waals surface area contributed by atoms with Crippen LogP contribution >= 0.6 is 0 Å². The molecule has 1 aliphatic rings. The third kappa shape index (κ3) is 3.92. The van der Waals surface area contributed by atoms with E-state index in [2.05, 4.69) is 44.2 Å². The van der Waals surface area contributed by atoms with Crippen LogP contribution in [-0.4, -0.2) is 18.5 Å². The molecule has 2 heteroatoms. The Morgan fingerprint density at radius 3 is 2.60 bits per heavy atom. The van der Waals surface area contributed by atoms with Crippen molar-refractivity contribution < 1.29 is 9.53 Å². The molecule has 0 spiro atoms. The van der Waals surface area contributed by atoms with Crippen molar-refractivity contribution in [3.63, 3.8) is 0 Å². The predicted octanol–water partition coefficient (Wildman–Crippen LogP) is 4.34. The lowest BCUT2D eigenvalue weighted by atomic mass is 9.75. The summed E-state index contributed by atoms with van der Waals surface area (Å²) in [6, 6.07) is 10.6. The minimum absolute atomic E-state index is 0.125. The van der Waals surface area contributed by atoms with Crippen molar-refractivity contribution in [3.8, 4) is 0 Å². The van der Waals surface area contributed by atoms with Crippen LogP contribution < -0.4 is 0 Å². The molecule has 110 valence electrons. The highest BCUT2D eigenvalue weighted by Crippen LogP contribution is 2.37. The van der Waals surface area contributed by atoms with Crippen molar-refractivity contribution in [1.29, 1.82) is 0 Å². The average molecular weight is 274 g/mol. The van der Waals surface area contributed by atoms with Crippen LogP contribution in [0.2, 0.25) is 0 Å². The zero-order chi connectivity index (χ0) is 14.6. The fraction of sp³-hybridized carbons (Fsp3) is 0.611. The Hall–Kier alpha value is -1.15. The minimum Gasteiger partial charge on any atom is -0.379 e. The fourth-order valence-corrected chi connectivity index (χ4v) is 3.04. The molecule has 2 unspecified atom stereocenters. The summed E-state index contributed by atoms with van der Waals surface area (Å²) < 4.78 is 5.46.